The summed E-state index contributed by atoms with van der Waals surface area (Å²) in [6, 6.07) is 7.99. The minimum atomic E-state index is -4.92. The van der Waals surface area contributed by atoms with Crippen LogP contribution in [-0.2, 0) is 33.6 Å². The molecular formula is C12H18N2O7S2. The van der Waals surface area contributed by atoms with Crippen LogP contribution >= 0.6 is 0 Å². The van der Waals surface area contributed by atoms with Gasteiger partial charge in [0, 0.05) is 6.42 Å². The summed E-state index contributed by atoms with van der Waals surface area (Å²) in [7, 11) is -8.78. The number of benzene rings is 1. The van der Waals surface area contributed by atoms with E-state index in [1.165, 1.54) is 0 Å². The van der Waals surface area contributed by atoms with E-state index in [0.29, 0.717) is 13.0 Å². The SMILES string of the molecule is CCn1c[n+](CCCS(=O)(=O)O)c2ccccc21.O=S(=O)([O-])O. The molecule has 2 rings (SSSR count). The highest BCUT2D eigenvalue weighted by Gasteiger charge is 2.14. The number of imidazole rings is 1. The Balaban J connectivity index is 0.000000463. The van der Waals surface area contributed by atoms with Crippen molar-refractivity contribution in [3.8, 4) is 0 Å². The van der Waals surface area contributed by atoms with Gasteiger partial charge in [-0.1, -0.05) is 12.1 Å². The Kier molecular flexibility index (Phi) is 6.65. The van der Waals surface area contributed by atoms with Crippen molar-refractivity contribution in [2.24, 2.45) is 0 Å². The summed E-state index contributed by atoms with van der Waals surface area (Å²) in [5.74, 6) is -0.203. The average Bonchev–Trinajstić information content (AvgIpc) is 2.74. The molecule has 2 N–H and O–H groups in total. The number of aryl methyl sites for hydroxylation is 2. The molecule has 1 aromatic carbocycles. The summed E-state index contributed by atoms with van der Waals surface area (Å²) in [4.78, 5) is 0. The van der Waals surface area contributed by atoms with E-state index in [1.807, 2.05) is 35.2 Å². The van der Waals surface area contributed by atoms with E-state index in [1.54, 1.807) is 0 Å². The van der Waals surface area contributed by atoms with E-state index < -0.39 is 20.5 Å². The first-order valence-electron chi connectivity index (χ1n) is 6.62. The van der Waals surface area contributed by atoms with Crippen molar-refractivity contribution < 1.29 is 35.1 Å². The Labute approximate surface area is 134 Å². The first kappa shape index (κ1) is 19.5. The molecule has 0 radical (unpaired) electrons. The van der Waals surface area contributed by atoms with E-state index >= 15 is 0 Å². The van der Waals surface area contributed by atoms with Gasteiger partial charge >= 0.3 is 0 Å². The average molecular weight is 366 g/mol. The number of hydrogen-bond donors (Lipinski definition) is 2. The number of rotatable bonds is 5. The fourth-order valence-corrected chi connectivity index (χ4v) is 2.58. The molecule has 0 saturated carbocycles. The summed E-state index contributed by atoms with van der Waals surface area (Å²) >= 11 is 0. The first-order valence-corrected chi connectivity index (χ1v) is 9.59. The van der Waals surface area contributed by atoms with Crippen LogP contribution in [0.2, 0.25) is 0 Å². The van der Waals surface area contributed by atoms with Gasteiger partial charge in [0.15, 0.2) is 11.0 Å². The molecule has 0 aliphatic rings. The van der Waals surface area contributed by atoms with Crippen LogP contribution in [0.1, 0.15) is 13.3 Å². The fraction of sp³-hybridized carbons (Fsp3) is 0.417. The molecule has 0 amide bonds. The van der Waals surface area contributed by atoms with Crippen molar-refractivity contribution in [2.75, 3.05) is 5.75 Å². The molecule has 0 fully saturated rings. The normalized spacial score (nSPS) is 12.0. The number of nitrogens with zero attached hydrogens (tertiary/aromatic N) is 2. The van der Waals surface area contributed by atoms with Crippen molar-refractivity contribution in [3.05, 3.63) is 30.6 Å². The molecule has 2 aromatic rings. The quantitative estimate of drug-likeness (QED) is 0.438. The molecule has 130 valence electrons. The largest absolute Gasteiger partial charge is 0.726 e. The van der Waals surface area contributed by atoms with Gasteiger partial charge in [0.1, 0.15) is 0 Å². The summed E-state index contributed by atoms with van der Waals surface area (Å²) in [5, 5.41) is 0. The molecule has 0 bridgehead atoms. The van der Waals surface area contributed by atoms with Crippen LogP contribution in [0.25, 0.3) is 11.0 Å². The molecule has 0 saturated heterocycles. The van der Waals surface area contributed by atoms with E-state index in [9.17, 15) is 8.42 Å². The molecular weight excluding hydrogens is 348 g/mol. The minimum absolute atomic E-state index is 0.203. The Bertz CT molecular complexity index is 849. The fourth-order valence-electron chi connectivity index (χ4n) is 2.09. The second-order valence-electron chi connectivity index (χ2n) is 4.65. The van der Waals surface area contributed by atoms with Gasteiger partial charge in [-0.05, 0) is 19.1 Å². The van der Waals surface area contributed by atoms with Gasteiger partial charge in [-0.2, -0.15) is 8.42 Å². The van der Waals surface area contributed by atoms with Crippen molar-refractivity contribution in [3.63, 3.8) is 0 Å². The highest BCUT2D eigenvalue weighted by atomic mass is 32.3. The molecule has 1 heterocycles. The lowest BCUT2D eigenvalue weighted by atomic mass is 10.3. The van der Waals surface area contributed by atoms with Crippen LogP contribution in [0.3, 0.4) is 0 Å². The van der Waals surface area contributed by atoms with Crippen molar-refractivity contribution in [1.29, 1.82) is 0 Å². The molecule has 0 unspecified atom stereocenters. The van der Waals surface area contributed by atoms with Crippen molar-refractivity contribution >= 4 is 31.6 Å². The number of hydrogen-bond acceptors (Lipinski definition) is 5. The van der Waals surface area contributed by atoms with Crippen molar-refractivity contribution in [1.82, 2.24) is 4.57 Å². The molecule has 0 spiro atoms. The van der Waals surface area contributed by atoms with Gasteiger partial charge in [-0.15, -0.1) is 0 Å². The van der Waals surface area contributed by atoms with Crippen LogP contribution in [0, 0.1) is 0 Å². The van der Waals surface area contributed by atoms with E-state index in [4.69, 9.17) is 22.1 Å². The third kappa shape index (κ3) is 7.52. The number of aromatic nitrogens is 2. The molecule has 0 aliphatic heterocycles. The topological polar surface area (TPSA) is 141 Å². The summed E-state index contributed by atoms with van der Waals surface area (Å²) in [5.41, 5.74) is 2.21. The van der Waals surface area contributed by atoms with E-state index in [-0.39, 0.29) is 5.75 Å². The highest BCUT2D eigenvalue weighted by Crippen LogP contribution is 2.10. The molecule has 23 heavy (non-hydrogen) atoms. The maximum absolute atomic E-state index is 10.7. The standard InChI is InChI=1S/C12H16N2O3S.H2O4S/c1-2-13-10-14(8-5-9-18(15,16)17)12-7-4-3-6-11(12)13;1-5(2,3)4/h3-4,6-7,10H,2,5,8-9H2,1H3;(H2,1,2,3,4). The summed E-state index contributed by atoms with van der Waals surface area (Å²) in [6.07, 6.45) is 2.38. The van der Waals surface area contributed by atoms with Crippen LogP contribution < -0.4 is 4.57 Å². The third-order valence-electron chi connectivity index (χ3n) is 2.92. The smallest absolute Gasteiger partial charge is 0.265 e. The molecule has 11 heteroatoms. The molecule has 1 aromatic heterocycles. The highest BCUT2D eigenvalue weighted by molar-refractivity contribution is 7.85. The third-order valence-corrected chi connectivity index (χ3v) is 3.73. The lowest BCUT2D eigenvalue weighted by Gasteiger charge is -1.96. The van der Waals surface area contributed by atoms with Gasteiger partial charge in [0.2, 0.25) is 16.7 Å². The lowest BCUT2D eigenvalue weighted by molar-refractivity contribution is -0.672. The van der Waals surface area contributed by atoms with Crippen LogP contribution in [0.4, 0.5) is 0 Å². The Morgan fingerprint density at radius 3 is 2.26 bits per heavy atom. The Hall–Kier alpha value is -1.53. The van der Waals surface area contributed by atoms with Gasteiger partial charge in [-0.3, -0.25) is 9.11 Å². The van der Waals surface area contributed by atoms with Gasteiger partial charge < -0.3 is 4.55 Å². The maximum atomic E-state index is 10.7. The second kappa shape index (κ2) is 7.84. The van der Waals surface area contributed by atoms with Crippen LogP contribution in [0.15, 0.2) is 30.6 Å². The van der Waals surface area contributed by atoms with Crippen molar-refractivity contribution in [2.45, 2.75) is 26.4 Å². The van der Waals surface area contributed by atoms with Gasteiger partial charge in [0.05, 0.1) is 18.8 Å². The molecule has 0 aliphatic carbocycles. The maximum Gasteiger partial charge on any atom is 0.265 e. The predicted octanol–water partition coefficient (Wildman–Crippen LogP) is 0.231. The lowest BCUT2D eigenvalue weighted by Crippen LogP contribution is -2.33. The van der Waals surface area contributed by atoms with Gasteiger partial charge in [-0.25, -0.2) is 17.6 Å². The second-order valence-corrected chi connectivity index (χ2v) is 7.08. The summed E-state index contributed by atoms with van der Waals surface area (Å²) in [6.45, 7) is 3.51. The first-order chi connectivity index (χ1) is 10.5. The Morgan fingerprint density at radius 1 is 1.17 bits per heavy atom. The molecule has 0 atom stereocenters. The molecule has 9 nitrogen and oxygen atoms in total. The predicted molar refractivity (Wildman–Crippen MR) is 81.2 cm³/mol. The zero-order chi connectivity index (χ0) is 17.7. The zero-order valence-corrected chi connectivity index (χ0v) is 14.0. The van der Waals surface area contributed by atoms with Crippen LogP contribution in [0.5, 0.6) is 0 Å². The monoisotopic (exact) mass is 366 g/mol. The zero-order valence-electron chi connectivity index (χ0n) is 12.4. The van der Waals surface area contributed by atoms with Crippen LogP contribution in [-0.4, -0.2) is 40.8 Å². The minimum Gasteiger partial charge on any atom is -0.726 e. The van der Waals surface area contributed by atoms with E-state index in [0.717, 1.165) is 17.6 Å². The van der Waals surface area contributed by atoms with Gasteiger partial charge in [0.25, 0.3) is 10.1 Å². The Morgan fingerprint density at radius 2 is 1.74 bits per heavy atom. The van der Waals surface area contributed by atoms with E-state index in [2.05, 4.69) is 11.5 Å². The number of fused-ring (bicyclic) bond motifs is 1. The number of para-hydroxylation sites is 2. The summed E-state index contributed by atoms with van der Waals surface area (Å²) < 4.78 is 67.1.